The molecule has 0 bridgehead atoms. The summed E-state index contributed by atoms with van der Waals surface area (Å²) in [6.45, 7) is 13.1. The predicted octanol–water partition coefficient (Wildman–Crippen LogP) is 1.52. The summed E-state index contributed by atoms with van der Waals surface area (Å²) in [4.78, 5) is 2.37. The van der Waals surface area contributed by atoms with Crippen molar-refractivity contribution in [2.75, 3.05) is 31.1 Å². The zero-order valence-electron chi connectivity index (χ0n) is 13.1. The number of nitrogens with one attached hydrogen (secondary N) is 1. The van der Waals surface area contributed by atoms with Gasteiger partial charge in [-0.2, -0.15) is 0 Å². The minimum absolute atomic E-state index is 0.0694. The van der Waals surface area contributed by atoms with Crippen LogP contribution in [0, 0.1) is 5.92 Å². The van der Waals surface area contributed by atoms with E-state index in [0.717, 1.165) is 19.5 Å². The molecule has 114 valence electrons. The van der Waals surface area contributed by atoms with E-state index in [4.69, 9.17) is 0 Å². The van der Waals surface area contributed by atoms with E-state index in [9.17, 15) is 8.42 Å². The van der Waals surface area contributed by atoms with Crippen LogP contribution >= 0.6 is 0 Å². The Labute approximate surface area is 118 Å². The first-order valence-corrected chi connectivity index (χ1v) is 9.22. The van der Waals surface area contributed by atoms with Crippen molar-refractivity contribution >= 4 is 9.84 Å². The molecule has 0 radical (unpaired) electrons. The van der Waals surface area contributed by atoms with Gasteiger partial charge in [0, 0.05) is 37.0 Å². The van der Waals surface area contributed by atoms with Gasteiger partial charge in [-0.25, -0.2) is 8.42 Å². The lowest BCUT2D eigenvalue weighted by atomic mass is 9.91. The van der Waals surface area contributed by atoms with Crippen molar-refractivity contribution in [2.45, 2.75) is 52.6 Å². The average molecular weight is 290 g/mol. The van der Waals surface area contributed by atoms with E-state index in [1.165, 1.54) is 0 Å². The second-order valence-corrected chi connectivity index (χ2v) is 8.90. The number of piperazine rings is 1. The van der Waals surface area contributed by atoms with Crippen molar-refractivity contribution in [2.24, 2.45) is 5.92 Å². The third kappa shape index (κ3) is 5.04. The number of hydrogen-bond donors (Lipinski definition) is 1. The fourth-order valence-corrected chi connectivity index (χ4v) is 3.47. The van der Waals surface area contributed by atoms with Crippen molar-refractivity contribution in [3.8, 4) is 0 Å². The molecular weight excluding hydrogens is 260 g/mol. The zero-order valence-corrected chi connectivity index (χ0v) is 13.9. The van der Waals surface area contributed by atoms with E-state index in [0.29, 0.717) is 18.5 Å². The van der Waals surface area contributed by atoms with Crippen LogP contribution in [0.5, 0.6) is 0 Å². The molecule has 0 aromatic carbocycles. The highest BCUT2D eigenvalue weighted by Crippen LogP contribution is 2.22. The molecular formula is C14H30N2O2S. The van der Waals surface area contributed by atoms with Crippen molar-refractivity contribution in [3.05, 3.63) is 0 Å². The summed E-state index contributed by atoms with van der Waals surface area (Å²) in [5, 5.41) is 3.57. The Morgan fingerprint density at radius 2 is 2.00 bits per heavy atom. The maximum Gasteiger partial charge on any atom is 0.151 e. The SMILES string of the molecule is CCC(C)C1CNC(C)(C)CN1CCS(=O)(=O)CC. The van der Waals surface area contributed by atoms with Gasteiger partial charge in [0.2, 0.25) is 0 Å². The molecule has 1 saturated heterocycles. The van der Waals surface area contributed by atoms with Crippen LogP contribution in [0.3, 0.4) is 0 Å². The Morgan fingerprint density at radius 3 is 2.53 bits per heavy atom. The summed E-state index contributed by atoms with van der Waals surface area (Å²) in [7, 11) is -2.87. The molecule has 1 rings (SSSR count). The standard InChI is InChI=1S/C14H30N2O2S/c1-6-12(3)13-10-15-14(4,5)11-16(13)8-9-19(17,18)7-2/h12-13,15H,6-11H2,1-5H3. The van der Waals surface area contributed by atoms with Crippen LogP contribution in [0.25, 0.3) is 0 Å². The highest BCUT2D eigenvalue weighted by atomic mass is 32.2. The highest BCUT2D eigenvalue weighted by Gasteiger charge is 2.34. The van der Waals surface area contributed by atoms with Crippen LogP contribution in [0.2, 0.25) is 0 Å². The van der Waals surface area contributed by atoms with Gasteiger partial charge in [-0.1, -0.05) is 27.2 Å². The Bertz CT molecular complexity index is 379. The first-order valence-electron chi connectivity index (χ1n) is 7.40. The van der Waals surface area contributed by atoms with Crippen LogP contribution in [0.4, 0.5) is 0 Å². The molecule has 0 spiro atoms. The van der Waals surface area contributed by atoms with Gasteiger partial charge < -0.3 is 5.32 Å². The summed E-state index contributed by atoms with van der Waals surface area (Å²) in [5.41, 5.74) is 0.0694. The molecule has 2 atom stereocenters. The molecule has 1 heterocycles. The van der Waals surface area contributed by atoms with Crippen LogP contribution in [-0.2, 0) is 9.84 Å². The van der Waals surface area contributed by atoms with E-state index >= 15 is 0 Å². The Morgan fingerprint density at radius 1 is 1.37 bits per heavy atom. The Hall–Kier alpha value is -0.130. The van der Waals surface area contributed by atoms with Crippen LogP contribution in [0.1, 0.15) is 41.0 Å². The Kier molecular flexibility index (Phi) is 5.83. The molecule has 0 aromatic rings. The smallest absolute Gasteiger partial charge is 0.151 e. The van der Waals surface area contributed by atoms with Crippen LogP contribution < -0.4 is 5.32 Å². The molecule has 19 heavy (non-hydrogen) atoms. The van der Waals surface area contributed by atoms with E-state index in [1.807, 2.05) is 0 Å². The lowest BCUT2D eigenvalue weighted by Gasteiger charge is -2.46. The summed E-state index contributed by atoms with van der Waals surface area (Å²) in [5.74, 6) is 1.12. The normalized spacial score (nSPS) is 26.3. The van der Waals surface area contributed by atoms with Gasteiger partial charge in [-0.3, -0.25) is 4.90 Å². The Balaban J connectivity index is 2.72. The van der Waals surface area contributed by atoms with Crippen molar-refractivity contribution in [1.82, 2.24) is 10.2 Å². The second-order valence-electron chi connectivity index (χ2n) is 6.42. The van der Waals surface area contributed by atoms with Gasteiger partial charge in [0.25, 0.3) is 0 Å². The minimum atomic E-state index is -2.87. The molecule has 0 amide bonds. The number of hydrogen-bond acceptors (Lipinski definition) is 4. The summed E-state index contributed by atoms with van der Waals surface area (Å²) in [6.07, 6.45) is 1.13. The largest absolute Gasteiger partial charge is 0.309 e. The monoisotopic (exact) mass is 290 g/mol. The lowest BCUT2D eigenvalue weighted by Crippen LogP contribution is -2.63. The molecule has 0 aliphatic carbocycles. The van der Waals surface area contributed by atoms with Crippen molar-refractivity contribution in [1.29, 1.82) is 0 Å². The molecule has 1 aliphatic rings. The molecule has 0 aromatic heterocycles. The van der Waals surface area contributed by atoms with Gasteiger partial charge in [0.05, 0.1) is 5.75 Å². The summed E-state index contributed by atoms with van der Waals surface area (Å²) >= 11 is 0. The molecule has 4 nitrogen and oxygen atoms in total. The molecule has 1 fully saturated rings. The average Bonchev–Trinajstić information content (AvgIpc) is 2.35. The molecule has 5 heteroatoms. The van der Waals surface area contributed by atoms with E-state index < -0.39 is 9.84 Å². The first-order chi connectivity index (χ1) is 8.71. The molecule has 0 saturated carbocycles. The summed E-state index contributed by atoms with van der Waals surface area (Å²) < 4.78 is 23.4. The molecule has 1 aliphatic heterocycles. The summed E-state index contributed by atoms with van der Waals surface area (Å²) in [6, 6.07) is 0.449. The number of nitrogens with zero attached hydrogens (tertiary/aromatic N) is 1. The molecule has 2 unspecified atom stereocenters. The van der Waals surface area contributed by atoms with E-state index in [1.54, 1.807) is 6.92 Å². The fourth-order valence-electron chi connectivity index (χ4n) is 2.67. The highest BCUT2D eigenvalue weighted by molar-refractivity contribution is 7.91. The molecule has 1 N–H and O–H groups in total. The fraction of sp³-hybridized carbons (Fsp3) is 1.00. The predicted molar refractivity (Wildman–Crippen MR) is 81.2 cm³/mol. The first kappa shape index (κ1) is 16.9. The maximum absolute atomic E-state index is 11.7. The topological polar surface area (TPSA) is 49.4 Å². The van der Waals surface area contributed by atoms with Crippen molar-refractivity contribution in [3.63, 3.8) is 0 Å². The lowest BCUT2D eigenvalue weighted by molar-refractivity contribution is 0.0693. The van der Waals surface area contributed by atoms with E-state index in [2.05, 4.69) is 37.9 Å². The van der Waals surface area contributed by atoms with Crippen LogP contribution in [0.15, 0.2) is 0 Å². The van der Waals surface area contributed by atoms with Crippen LogP contribution in [-0.4, -0.2) is 56.0 Å². The number of sulfone groups is 1. The zero-order chi connectivity index (χ0) is 14.7. The van der Waals surface area contributed by atoms with Gasteiger partial charge in [0.1, 0.15) is 0 Å². The third-order valence-electron chi connectivity index (χ3n) is 4.29. The third-order valence-corrected chi connectivity index (χ3v) is 5.97. The van der Waals surface area contributed by atoms with Gasteiger partial charge >= 0.3 is 0 Å². The van der Waals surface area contributed by atoms with Gasteiger partial charge in [-0.05, 0) is 19.8 Å². The second kappa shape index (κ2) is 6.55. The number of rotatable bonds is 6. The van der Waals surface area contributed by atoms with E-state index in [-0.39, 0.29) is 17.0 Å². The maximum atomic E-state index is 11.7. The minimum Gasteiger partial charge on any atom is -0.309 e. The van der Waals surface area contributed by atoms with Crippen molar-refractivity contribution < 1.29 is 8.42 Å². The van der Waals surface area contributed by atoms with Gasteiger partial charge in [-0.15, -0.1) is 0 Å². The van der Waals surface area contributed by atoms with Gasteiger partial charge in [0.15, 0.2) is 9.84 Å². The quantitative estimate of drug-likeness (QED) is 0.806.